The molecule has 8 nitrogen and oxygen atoms in total. The van der Waals surface area contributed by atoms with E-state index in [1.807, 2.05) is 30.9 Å². The summed E-state index contributed by atoms with van der Waals surface area (Å²) in [6, 6.07) is 7.56. The largest absolute Gasteiger partial charge is 0.481 e. The highest BCUT2D eigenvalue weighted by Crippen LogP contribution is 2.26. The van der Waals surface area contributed by atoms with E-state index in [9.17, 15) is 4.79 Å². The minimum absolute atomic E-state index is 0.0774. The third-order valence-electron chi connectivity index (χ3n) is 5.59. The molecule has 1 saturated heterocycles. The van der Waals surface area contributed by atoms with Gasteiger partial charge in [-0.25, -0.2) is 19.9 Å². The molecule has 1 fully saturated rings. The van der Waals surface area contributed by atoms with E-state index in [0.29, 0.717) is 30.4 Å². The Morgan fingerprint density at radius 2 is 2.00 bits per heavy atom. The lowest BCUT2D eigenvalue weighted by Crippen LogP contribution is -2.32. The number of aryl methyl sites for hydroxylation is 2. The summed E-state index contributed by atoms with van der Waals surface area (Å²) in [4.78, 5) is 32.3. The lowest BCUT2D eigenvalue weighted by molar-refractivity contribution is -0.124. The van der Waals surface area contributed by atoms with Crippen LogP contribution in [0.5, 0.6) is 5.88 Å². The van der Waals surface area contributed by atoms with Crippen molar-refractivity contribution < 1.29 is 9.53 Å². The summed E-state index contributed by atoms with van der Waals surface area (Å²) in [6.45, 7) is 9.14. The Bertz CT molecular complexity index is 1150. The third-order valence-corrected chi connectivity index (χ3v) is 5.59. The van der Waals surface area contributed by atoms with Gasteiger partial charge < -0.3 is 15.0 Å². The van der Waals surface area contributed by atoms with Crippen molar-refractivity contribution >= 4 is 17.3 Å². The van der Waals surface area contributed by atoms with Crippen molar-refractivity contribution in [2.24, 2.45) is 0 Å². The average molecular weight is 431 g/mol. The van der Waals surface area contributed by atoms with Gasteiger partial charge in [0.15, 0.2) is 5.82 Å². The van der Waals surface area contributed by atoms with Gasteiger partial charge in [-0.05, 0) is 49.6 Å². The van der Waals surface area contributed by atoms with Crippen LogP contribution in [0.1, 0.15) is 23.2 Å². The fourth-order valence-electron chi connectivity index (χ4n) is 3.84. The highest BCUT2D eigenvalue weighted by atomic mass is 16.5. The van der Waals surface area contributed by atoms with Crippen LogP contribution in [0, 0.1) is 13.8 Å². The summed E-state index contributed by atoms with van der Waals surface area (Å²) in [5.41, 5.74) is 3.85. The Hall–Kier alpha value is -3.81. The second kappa shape index (κ2) is 9.13. The van der Waals surface area contributed by atoms with E-state index in [1.165, 1.54) is 0 Å². The molecule has 1 amide bonds. The molecule has 0 aromatic carbocycles. The molecule has 1 unspecified atom stereocenters. The summed E-state index contributed by atoms with van der Waals surface area (Å²) in [5, 5.41) is 3.45. The van der Waals surface area contributed by atoms with Gasteiger partial charge in [0.2, 0.25) is 5.88 Å². The van der Waals surface area contributed by atoms with Gasteiger partial charge in [0.1, 0.15) is 5.82 Å². The zero-order valence-electron chi connectivity index (χ0n) is 18.5. The normalized spacial score (nSPS) is 15.5. The van der Waals surface area contributed by atoms with Crippen molar-refractivity contribution in [1.82, 2.24) is 24.8 Å². The molecule has 1 aliphatic heterocycles. The van der Waals surface area contributed by atoms with E-state index in [1.54, 1.807) is 37.8 Å². The van der Waals surface area contributed by atoms with Crippen LogP contribution >= 0.6 is 0 Å². The minimum Gasteiger partial charge on any atom is -0.481 e. The molecule has 32 heavy (non-hydrogen) atoms. The molecule has 0 aliphatic carbocycles. The number of carbonyl (C=O) groups excluding carboxylic acids is 1. The molecular formula is C24H26N6O2. The van der Waals surface area contributed by atoms with Crippen LogP contribution in [0.15, 0.2) is 49.4 Å². The van der Waals surface area contributed by atoms with Gasteiger partial charge in [-0.3, -0.25) is 4.79 Å². The minimum atomic E-state index is -0.0774. The number of hydrogen-bond donors (Lipinski definition) is 1. The number of anilines is 1. The summed E-state index contributed by atoms with van der Waals surface area (Å²) in [6.07, 6.45) is 5.96. The van der Waals surface area contributed by atoms with Crippen molar-refractivity contribution in [3.05, 3.63) is 66.3 Å². The number of pyridine rings is 2. The first-order valence-corrected chi connectivity index (χ1v) is 10.5. The van der Waals surface area contributed by atoms with E-state index >= 15 is 0 Å². The van der Waals surface area contributed by atoms with Crippen molar-refractivity contribution in [3.8, 4) is 17.3 Å². The maximum Gasteiger partial charge on any atom is 0.253 e. The monoisotopic (exact) mass is 430 g/mol. The highest BCUT2D eigenvalue weighted by molar-refractivity contribution is 6.19. The molecule has 0 saturated carbocycles. The molecule has 0 radical (unpaired) electrons. The summed E-state index contributed by atoms with van der Waals surface area (Å²) >= 11 is 0. The number of amides is 1. The third kappa shape index (κ3) is 4.44. The standard InChI is InChI=1S/C24H26N6O2/c1-15-13-27-22(32-4)12-20(15)16(2)24(31)30-11-8-18(14-30)29-21-7-6-19(17(3)28-21)23-25-9-5-10-26-23/h5-7,9-10,12-13,18H,2,8,11,14H2,1,3-4H3,(H,28,29). The van der Waals surface area contributed by atoms with Crippen molar-refractivity contribution in [2.45, 2.75) is 26.3 Å². The molecule has 1 atom stereocenters. The van der Waals surface area contributed by atoms with Crippen LogP contribution in [-0.2, 0) is 4.79 Å². The Morgan fingerprint density at radius 3 is 2.72 bits per heavy atom. The second-order valence-electron chi connectivity index (χ2n) is 7.80. The van der Waals surface area contributed by atoms with Gasteiger partial charge in [0, 0.05) is 54.9 Å². The number of ether oxygens (including phenoxy) is 1. The van der Waals surface area contributed by atoms with Gasteiger partial charge >= 0.3 is 0 Å². The number of rotatable bonds is 6. The number of likely N-dealkylation sites (tertiary alicyclic amines) is 1. The predicted octanol–water partition coefficient (Wildman–Crippen LogP) is 3.29. The lowest BCUT2D eigenvalue weighted by Gasteiger charge is -2.20. The first-order chi connectivity index (χ1) is 15.5. The quantitative estimate of drug-likeness (QED) is 0.600. The van der Waals surface area contributed by atoms with Gasteiger partial charge in [0.05, 0.1) is 12.8 Å². The summed E-state index contributed by atoms with van der Waals surface area (Å²) < 4.78 is 5.19. The van der Waals surface area contributed by atoms with Crippen LogP contribution in [0.3, 0.4) is 0 Å². The van der Waals surface area contributed by atoms with E-state index in [2.05, 4.69) is 31.8 Å². The van der Waals surface area contributed by atoms with Gasteiger partial charge in [-0.15, -0.1) is 0 Å². The lowest BCUT2D eigenvalue weighted by atomic mass is 10.0. The Morgan fingerprint density at radius 1 is 1.22 bits per heavy atom. The molecule has 8 heteroatoms. The van der Waals surface area contributed by atoms with Gasteiger partial charge in [-0.1, -0.05) is 6.58 Å². The molecule has 164 valence electrons. The molecular weight excluding hydrogens is 404 g/mol. The zero-order valence-corrected chi connectivity index (χ0v) is 18.5. The van der Waals surface area contributed by atoms with Gasteiger partial charge in [0.25, 0.3) is 5.91 Å². The number of methoxy groups -OCH3 is 1. The van der Waals surface area contributed by atoms with E-state index in [-0.39, 0.29) is 11.9 Å². The molecule has 1 N–H and O–H groups in total. The number of nitrogens with one attached hydrogen (secondary N) is 1. The van der Waals surface area contributed by atoms with Gasteiger partial charge in [-0.2, -0.15) is 0 Å². The Labute approximate surface area is 187 Å². The maximum atomic E-state index is 13.1. The molecule has 1 aliphatic rings. The Balaban J connectivity index is 1.41. The van der Waals surface area contributed by atoms with E-state index < -0.39 is 0 Å². The first kappa shape index (κ1) is 21.4. The smallest absolute Gasteiger partial charge is 0.253 e. The molecule has 0 spiro atoms. The average Bonchev–Trinajstić information content (AvgIpc) is 3.27. The SMILES string of the molecule is C=C(C(=O)N1CCC(Nc2ccc(-c3ncccn3)c(C)n2)C1)c1cc(OC)ncc1C. The van der Waals surface area contributed by atoms with Crippen molar-refractivity contribution in [3.63, 3.8) is 0 Å². The first-order valence-electron chi connectivity index (χ1n) is 10.5. The number of hydrogen-bond acceptors (Lipinski definition) is 7. The zero-order chi connectivity index (χ0) is 22.7. The van der Waals surface area contributed by atoms with Crippen molar-refractivity contribution in [2.75, 3.05) is 25.5 Å². The number of aromatic nitrogens is 4. The fourth-order valence-corrected chi connectivity index (χ4v) is 3.84. The van der Waals surface area contributed by atoms with E-state index in [4.69, 9.17) is 4.74 Å². The van der Waals surface area contributed by atoms with E-state index in [0.717, 1.165) is 34.6 Å². The van der Waals surface area contributed by atoms with Crippen LogP contribution in [0.25, 0.3) is 17.0 Å². The topological polar surface area (TPSA) is 93.1 Å². The molecule has 0 bridgehead atoms. The summed E-state index contributed by atoms with van der Waals surface area (Å²) in [5.74, 6) is 1.82. The number of nitrogens with zero attached hydrogens (tertiary/aromatic N) is 5. The highest BCUT2D eigenvalue weighted by Gasteiger charge is 2.28. The van der Waals surface area contributed by atoms with Crippen molar-refractivity contribution in [1.29, 1.82) is 0 Å². The molecule has 3 aromatic rings. The summed E-state index contributed by atoms with van der Waals surface area (Å²) in [7, 11) is 1.55. The number of carbonyl (C=O) groups is 1. The second-order valence-corrected chi connectivity index (χ2v) is 7.80. The molecule has 4 heterocycles. The maximum absolute atomic E-state index is 13.1. The fraction of sp³-hybridized carbons (Fsp3) is 0.292. The molecule has 4 rings (SSSR count). The van der Waals surface area contributed by atoms with Crippen LogP contribution in [0.4, 0.5) is 5.82 Å². The van der Waals surface area contributed by atoms with Crippen LogP contribution in [0.2, 0.25) is 0 Å². The van der Waals surface area contributed by atoms with Crippen LogP contribution in [-0.4, -0.2) is 57.0 Å². The predicted molar refractivity (Wildman–Crippen MR) is 123 cm³/mol. The molecule has 3 aromatic heterocycles. The Kier molecular flexibility index (Phi) is 6.11. The van der Waals surface area contributed by atoms with Crippen LogP contribution < -0.4 is 10.1 Å².